The van der Waals surface area contributed by atoms with E-state index in [-0.39, 0.29) is 0 Å². The van der Waals surface area contributed by atoms with Crippen molar-refractivity contribution in [3.05, 3.63) is 15.6 Å². The Balaban J connectivity index is 2.60. The molecule has 1 N–H and O–H groups in total. The number of methoxy groups -OCH3 is 2. The van der Waals surface area contributed by atoms with Gasteiger partial charge in [0.25, 0.3) is 0 Å². The molecule has 1 aromatic rings. The van der Waals surface area contributed by atoms with Crippen LogP contribution in [0.5, 0.6) is 0 Å². The van der Waals surface area contributed by atoms with Crippen molar-refractivity contribution in [2.75, 3.05) is 27.4 Å². The average Bonchev–Trinajstić information content (AvgIpc) is 2.70. The minimum Gasteiger partial charge on any atom is -0.384 e. The fourth-order valence-corrected chi connectivity index (χ4v) is 2.52. The summed E-state index contributed by atoms with van der Waals surface area (Å²) in [6.07, 6.45) is 2.03. The number of nitrogens with zero attached hydrogens (tertiary/aromatic N) is 1. The van der Waals surface area contributed by atoms with E-state index in [2.05, 4.69) is 17.2 Å². The minimum absolute atomic E-state index is 0.590. The highest BCUT2D eigenvalue weighted by Crippen LogP contribution is 2.20. The lowest BCUT2D eigenvalue weighted by Crippen LogP contribution is -2.14. The molecule has 0 saturated heterocycles. The molecule has 0 radical (unpaired) electrons. The van der Waals surface area contributed by atoms with E-state index in [0.717, 1.165) is 43.2 Å². The second kappa shape index (κ2) is 8.58. The molecule has 4 nitrogen and oxygen atoms in total. The van der Waals surface area contributed by atoms with Gasteiger partial charge >= 0.3 is 0 Å². The highest BCUT2D eigenvalue weighted by molar-refractivity contribution is 7.11. The van der Waals surface area contributed by atoms with Gasteiger partial charge in [-0.2, -0.15) is 0 Å². The Hall–Kier alpha value is -0.490. The van der Waals surface area contributed by atoms with Crippen LogP contribution in [-0.2, 0) is 29.0 Å². The Bertz CT molecular complexity index is 315. The number of ether oxygens (including phenoxy) is 2. The summed E-state index contributed by atoms with van der Waals surface area (Å²) in [6, 6.07) is 0. The first-order chi connectivity index (χ1) is 8.31. The van der Waals surface area contributed by atoms with E-state index in [4.69, 9.17) is 9.47 Å². The summed E-state index contributed by atoms with van der Waals surface area (Å²) in [6.45, 7) is 5.41. The van der Waals surface area contributed by atoms with Crippen molar-refractivity contribution in [1.29, 1.82) is 0 Å². The number of nitrogens with one attached hydrogen (secondary N) is 1. The fourth-order valence-electron chi connectivity index (χ4n) is 1.50. The molecule has 1 heterocycles. The Labute approximate surface area is 107 Å². The molecular formula is C12H22N2O2S. The molecule has 0 unspecified atom stereocenters. The largest absolute Gasteiger partial charge is 0.384 e. The summed E-state index contributed by atoms with van der Waals surface area (Å²) >= 11 is 1.76. The van der Waals surface area contributed by atoms with E-state index in [1.807, 2.05) is 0 Å². The molecule has 0 aliphatic carbocycles. The van der Waals surface area contributed by atoms with E-state index < -0.39 is 0 Å². The van der Waals surface area contributed by atoms with E-state index >= 15 is 0 Å². The van der Waals surface area contributed by atoms with Gasteiger partial charge in [0, 0.05) is 32.1 Å². The monoisotopic (exact) mass is 258 g/mol. The van der Waals surface area contributed by atoms with Crippen LogP contribution in [0, 0.1) is 0 Å². The van der Waals surface area contributed by atoms with Crippen molar-refractivity contribution in [2.45, 2.75) is 32.9 Å². The van der Waals surface area contributed by atoms with Crippen LogP contribution in [0.15, 0.2) is 0 Å². The van der Waals surface area contributed by atoms with Gasteiger partial charge in [0.1, 0.15) is 0 Å². The predicted octanol–water partition coefficient (Wildman–Crippen LogP) is 1.98. The second-order valence-electron chi connectivity index (χ2n) is 3.83. The Morgan fingerprint density at radius 2 is 2.12 bits per heavy atom. The lowest BCUT2D eigenvalue weighted by molar-refractivity contribution is 0.180. The van der Waals surface area contributed by atoms with Crippen LogP contribution < -0.4 is 5.32 Å². The van der Waals surface area contributed by atoms with Crippen LogP contribution in [0.2, 0.25) is 0 Å². The number of rotatable bonds is 9. The zero-order valence-electron chi connectivity index (χ0n) is 10.9. The molecule has 0 aliphatic rings. The maximum Gasteiger partial charge on any atom is 0.0955 e. The number of aromatic nitrogens is 1. The van der Waals surface area contributed by atoms with Crippen LogP contribution in [0.3, 0.4) is 0 Å². The summed E-state index contributed by atoms with van der Waals surface area (Å²) in [5.74, 6) is 0. The predicted molar refractivity (Wildman–Crippen MR) is 70.4 cm³/mol. The van der Waals surface area contributed by atoms with Crippen molar-refractivity contribution < 1.29 is 9.47 Å². The van der Waals surface area contributed by atoms with Gasteiger partial charge < -0.3 is 14.8 Å². The Morgan fingerprint density at radius 1 is 1.29 bits per heavy atom. The van der Waals surface area contributed by atoms with Crippen molar-refractivity contribution in [1.82, 2.24) is 10.3 Å². The van der Waals surface area contributed by atoms with Gasteiger partial charge in [-0.25, -0.2) is 4.98 Å². The van der Waals surface area contributed by atoms with Gasteiger partial charge in [0.2, 0.25) is 0 Å². The fraction of sp³-hybridized carbons (Fsp3) is 0.750. The van der Waals surface area contributed by atoms with Gasteiger partial charge in [-0.1, -0.05) is 6.92 Å². The molecule has 0 aromatic carbocycles. The first-order valence-corrected chi connectivity index (χ1v) is 6.79. The lowest BCUT2D eigenvalue weighted by atomic mass is 10.3. The third-order valence-electron chi connectivity index (χ3n) is 2.34. The number of hydrogen-bond acceptors (Lipinski definition) is 5. The zero-order valence-corrected chi connectivity index (χ0v) is 11.7. The van der Waals surface area contributed by atoms with Crippen LogP contribution in [0.25, 0.3) is 0 Å². The summed E-state index contributed by atoms with van der Waals surface area (Å²) in [5.41, 5.74) is 1.06. The van der Waals surface area contributed by atoms with Crippen molar-refractivity contribution in [3.8, 4) is 0 Å². The molecule has 0 fully saturated rings. The quantitative estimate of drug-likeness (QED) is 0.688. The first kappa shape index (κ1) is 14.6. The number of thiazole rings is 1. The summed E-state index contributed by atoms with van der Waals surface area (Å²) in [5, 5.41) is 4.53. The topological polar surface area (TPSA) is 43.4 Å². The van der Waals surface area contributed by atoms with Crippen LogP contribution >= 0.6 is 11.3 Å². The highest BCUT2D eigenvalue weighted by Gasteiger charge is 2.10. The molecule has 98 valence electrons. The molecule has 0 atom stereocenters. The van der Waals surface area contributed by atoms with Crippen LogP contribution in [-0.4, -0.2) is 32.4 Å². The van der Waals surface area contributed by atoms with Crippen LogP contribution in [0.1, 0.15) is 28.9 Å². The molecule has 5 heteroatoms. The molecule has 0 aliphatic heterocycles. The zero-order chi connectivity index (χ0) is 12.5. The van der Waals surface area contributed by atoms with Crippen molar-refractivity contribution in [3.63, 3.8) is 0 Å². The maximum atomic E-state index is 5.18. The summed E-state index contributed by atoms with van der Waals surface area (Å²) < 4.78 is 10.3. The van der Waals surface area contributed by atoms with Gasteiger partial charge in [-0.15, -0.1) is 11.3 Å². The normalized spacial score (nSPS) is 11.0. The van der Waals surface area contributed by atoms with E-state index in [9.17, 15) is 0 Å². The number of hydrogen-bond donors (Lipinski definition) is 1. The van der Waals surface area contributed by atoms with Crippen molar-refractivity contribution >= 4 is 11.3 Å². The summed E-state index contributed by atoms with van der Waals surface area (Å²) in [4.78, 5) is 5.87. The molecule has 1 aromatic heterocycles. The Morgan fingerprint density at radius 3 is 2.76 bits per heavy atom. The van der Waals surface area contributed by atoms with Crippen LogP contribution in [0.4, 0.5) is 0 Å². The third-order valence-corrected chi connectivity index (χ3v) is 3.49. The molecule has 17 heavy (non-hydrogen) atoms. The van der Waals surface area contributed by atoms with Crippen molar-refractivity contribution in [2.24, 2.45) is 0 Å². The van der Waals surface area contributed by atoms with Gasteiger partial charge in [-0.3, -0.25) is 0 Å². The second-order valence-corrected chi connectivity index (χ2v) is 5.00. The van der Waals surface area contributed by atoms with E-state index in [1.54, 1.807) is 25.6 Å². The minimum atomic E-state index is 0.590. The van der Waals surface area contributed by atoms with E-state index in [0.29, 0.717) is 6.61 Å². The van der Waals surface area contributed by atoms with E-state index in [1.165, 1.54) is 4.88 Å². The SMILES string of the molecule is CCCNCc1sc(CCOC)nc1COC. The lowest BCUT2D eigenvalue weighted by Gasteiger charge is -2.02. The maximum absolute atomic E-state index is 5.18. The molecular weight excluding hydrogens is 236 g/mol. The molecule has 0 bridgehead atoms. The third kappa shape index (κ3) is 5.12. The highest BCUT2D eigenvalue weighted by atomic mass is 32.1. The average molecular weight is 258 g/mol. The first-order valence-electron chi connectivity index (χ1n) is 5.97. The molecule has 0 amide bonds. The van der Waals surface area contributed by atoms with Gasteiger partial charge in [0.05, 0.1) is 23.9 Å². The summed E-state index contributed by atoms with van der Waals surface area (Å²) in [7, 11) is 3.42. The van der Waals surface area contributed by atoms with Gasteiger partial charge in [-0.05, 0) is 13.0 Å². The molecule has 0 spiro atoms. The Kier molecular flexibility index (Phi) is 7.35. The molecule has 1 rings (SSSR count). The molecule has 0 saturated carbocycles. The smallest absolute Gasteiger partial charge is 0.0955 e. The van der Waals surface area contributed by atoms with Gasteiger partial charge in [0.15, 0.2) is 0 Å². The standard InChI is InChI=1S/C12H22N2O2S/c1-4-6-13-8-11-10(9-16-3)14-12(17-11)5-7-15-2/h13H,4-9H2,1-3H3.